The number of rotatable bonds is 4. The minimum absolute atomic E-state index is 0.273. The first-order valence-electron chi connectivity index (χ1n) is 7.04. The van der Waals surface area contributed by atoms with Crippen molar-refractivity contribution in [3.8, 4) is 28.4 Å². The highest BCUT2D eigenvalue weighted by Gasteiger charge is 2.12. The van der Waals surface area contributed by atoms with Crippen LogP contribution in [0.2, 0.25) is 0 Å². The van der Waals surface area contributed by atoms with Crippen LogP contribution in [0.4, 0.5) is 4.39 Å². The molecule has 2 aromatic carbocycles. The second-order valence-electron chi connectivity index (χ2n) is 5.00. The fourth-order valence-corrected chi connectivity index (χ4v) is 2.35. The smallest absolute Gasteiger partial charge is 0.161 e. The Hall–Kier alpha value is -2.89. The van der Waals surface area contributed by atoms with Gasteiger partial charge in [0.1, 0.15) is 11.5 Å². The average molecular weight is 313 g/mol. The lowest BCUT2D eigenvalue weighted by Gasteiger charge is -2.08. The molecule has 3 rings (SSSR count). The van der Waals surface area contributed by atoms with Crippen molar-refractivity contribution in [3.05, 3.63) is 54.0 Å². The van der Waals surface area contributed by atoms with E-state index in [0.29, 0.717) is 28.4 Å². The molecule has 0 amide bonds. The number of benzene rings is 2. The molecule has 0 fully saturated rings. The molecule has 118 valence electrons. The maximum absolute atomic E-state index is 13.7. The summed E-state index contributed by atoms with van der Waals surface area (Å²) in [4.78, 5) is 0. The van der Waals surface area contributed by atoms with Crippen molar-refractivity contribution in [1.29, 1.82) is 0 Å². The van der Waals surface area contributed by atoms with Gasteiger partial charge in [0.15, 0.2) is 11.5 Å². The topological polar surface area (TPSA) is 49.2 Å². The third-order valence-corrected chi connectivity index (χ3v) is 3.66. The molecule has 0 atom stereocenters. The predicted molar refractivity (Wildman–Crippen MR) is 84.6 cm³/mol. The van der Waals surface area contributed by atoms with Crippen molar-refractivity contribution in [3.63, 3.8) is 0 Å². The minimum Gasteiger partial charge on any atom is -0.493 e. The van der Waals surface area contributed by atoms with E-state index in [1.807, 2.05) is 12.1 Å². The van der Waals surface area contributed by atoms with Gasteiger partial charge in [-0.3, -0.25) is 0 Å². The first-order chi connectivity index (χ1) is 11.1. The fraction of sp³-hybridized carbons (Fsp3) is 0.176. The van der Waals surface area contributed by atoms with Crippen LogP contribution in [0.15, 0.2) is 42.6 Å². The van der Waals surface area contributed by atoms with Gasteiger partial charge in [0, 0.05) is 11.1 Å². The first kappa shape index (κ1) is 15.0. The van der Waals surface area contributed by atoms with Crippen LogP contribution in [-0.2, 0) is 0 Å². The van der Waals surface area contributed by atoms with Gasteiger partial charge in [0.25, 0.3) is 0 Å². The average Bonchev–Trinajstić information content (AvgIpc) is 3.06. The number of methoxy groups -OCH3 is 2. The molecule has 0 radical (unpaired) electrons. The second-order valence-corrected chi connectivity index (χ2v) is 5.00. The third kappa shape index (κ3) is 2.75. The normalized spacial score (nSPS) is 10.6. The quantitative estimate of drug-likeness (QED) is 0.741. The van der Waals surface area contributed by atoms with Gasteiger partial charge in [-0.25, -0.2) is 9.07 Å². The molecule has 23 heavy (non-hydrogen) atoms. The molecule has 0 aliphatic heterocycles. The SMILES string of the molecule is COc1ccc(-c2cn(-c3cccc(F)c3C)nn2)cc1OC. The number of ether oxygens (including phenoxy) is 2. The van der Waals surface area contributed by atoms with Gasteiger partial charge in [-0.05, 0) is 37.3 Å². The van der Waals surface area contributed by atoms with E-state index in [-0.39, 0.29) is 5.82 Å². The Morgan fingerprint density at radius 2 is 1.83 bits per heavy atom. The maximum Gasteiger partial charge on any atom is 0.161 e. The Kier molecular flexibility index (Phi) is 3.97. The number of nitrogens with zero attached hydrogens (tertiary/aromatic N) is 3. The van der Waals surface area contributed by atoms with Crippen LogP contribution in [0.1, 0.15) is 5.56 Å². The van der Waals surface area contributed by atoms with Crippen molar-refractivity contribution < 1.29 is 13.9 Å². The lowest BCUT2D eigenvalue weighted by molar-refractivity contribution is 0.355. The molecule has 0 saturated carbocycles. The van der Waals surface area contributed by atoms with E-state index in [9.17, 15) is 4.39 Å². The largest absolute Gasteiger partial charge is 0.493 e. The van der Waals surface area contributed by atoms with Crippen LogP contribution in [0, 0.1) is 12.7 Å². The highest BCUT2D eigenvalue weighted by Crippen LogP contribution is 2.31. The van der Waals surface area contributed by atoms with Gasteiger partial charge in [0.2, 0.25) is 0 Å². The Morgan fingerprint density at radius 1 is 1.04 bits per heavy atom. The van der Waals surface area contributed by atoms with Crippen LogP contribution >= 0.6 is 0 Å². The Morgan fingerprint density at radius 3 is 2.57 bits per heavy atom. The van der Waals surface area contributed by atoms with Gasteiger partial charge in [-0.1, -0.05) is 11.3 Å². The summed E-state index contributed by atoms with van der Waals surface area (Å²) in [5, 5.41) is 8.25. The van der Waals surface area contributed by atoms with Gasteiger partial charge >= 0.3 is 0 Å². The van der Waals surface area contributed by atoms with E-state index in [2.05, 4.69) is 10.3 Å². The van der Waals surface area contributed by atoms with Gasteiger partial charge in [-0.2, -0.15) is 0 Å². The molecule has 1 heterocycles. The molecule has 0 unspecified atom stereocenters. The first-order valence-corrected chi connectivity index (χ1v) is 7.04. The highest BCUT2D eigenvalue weighted by molar-refractivity contribution is 5.63. The zero-order chi connectivity index (χ0) is 16.4. The molecular weight excluding hydrogens is 297 g/mol. The lowest BCUT2D eigenvalue weighted by Crippen LogP contribution is -1.99. The van der Waals surface area contributed by atoms with E-state index >= 15 is 0 Å². The number of hydrogen-bond acceptors (Lipinski definition) is 4. The number of hydrogen-bond donors (Lipinski definition) is 0. The van der Waals surface area contributed by atoms with E-state index in [1.54, 1.807) is 50.2 Å². The summed E-state index contributed by atoms with van der Waals surface area (Å²) in [7, 11) is 3.16. The summed E-state index contributed by atoms with van der Waals surface area (Å²) >= 11 is 0. The summed E-state index contributed by atoms with van der Waals surface area (Å²) in [5.41, 5.74) is 2.68. The van der Waals surface area contributed by atoms with Crippen LogP contribution in [0.25, 0.3) is 16.9 Å². The van der Waals surface area contributed by atoms with E-state index in [1.165, 1.54) is 6.07 Å². The molecule has 3 aromatic rings. The van der Waals surface area contributed by atoms with Crippen LogP contribution in [0.5, 0.6) is 11.5 Å². The Bertz CT molecular complexity index is 846. The van der Waals surface area contributed by atoms with Crippen LogP contribution < -0.4 is 9.47 Å². The molecule has 0 N–H and O–H groups in total. The molecule has 0 saturated heterocycles. The minimum atomic E-state index is -0.273. The predicted octanol–water partition coefficient (Wildman–Crippen LogP) is 3.40. The van der Waals surface area contributed by atoms with Gasteiger partial charge < -0.3 is 9.47 Å². The van der Waals surface area contributed by atoms with Crippen LogP contribution in [-0.4, -0.2) is 29.2 Å². The van der Waals surface area contributed by atoms with E-state index in [0.717, 1.165) is 5.56 Å². The Labute approximate surface area is 133 Å². The van der Waals surface area contributed by atoms with Gasteiger partial charge in [0.05, 0.1) is 26.1 Å². The summed E-state index contributed by atoms with van der Waals surface area (Å²) in [6.45, 7) is 1.71. The van der Waals surface area contributed by atoms with Crippen LogP contribution in [0.3, 0.4) is 0 Å². The summed E-state index contributed by atoms with van der Waals surface area (Å²) in [6.07, 6.45) is 1.75. The Balaban J connectivity index is 2.01. The van der Waals surface area contributed by atoms with Crippen molar-refractivity contribution in [1.82, 2.24) is 15.0 Å². The monoisotopic (exact) mass is 313 g/mol. The van der Waals surface area contributed by atoms with Crippen molar-refractivity contribution in [2.75, 3.05) is 14.2 Å². The summed E-state index contributed by atoms with van der Waals surface area (Å²) < 4.78 is 25.8. The van der Waals surface area contributed by atoms with E-state index in [4.69, 9.17) is 9.47 Å². The number of aromatic nitrogens is 3. The van der Waals surface area contributed by atoms with Gasteiger partial charge in [-0.15, -0.1) is 5.10 Å². The molecule has 0 aliphatic carbocycles. The molecule has 6 heteroatoms. The zero-order valence-electron chi connectivity index (χ0n) is 13.1. The fourth-order valence-electron chi connectivity index (χ4n) is 2.35. The van der Waals surface area contributed by atoms with Crippen molar-refractivity contribution in [2.45, 2.75) is 6.92 Å². The molecule has 5 nitrogen and oxygen atoms in total. The highest BCUT2D eigenvalue weighted by atomic mass is 19.1. The molecule has 0 spiro atoms. The second kappa shape index (κ2) is 6.08. The maximum atomic E-state index is 13.7. The van der Waals surface area contributed by atoms with Crippen molar-refractivity contribution >= 4 is 0 Å². The zero-order valence-corrected chi connectivity index (χ0v) is 13.1. The molecule has 1 aromatic heterocycles. The lowest BCUT2D eigenvalue weighted by atomic mass is 10.1. The third-order valence-electron chi connectivity index (χ3n) is 3.66. The number of halogens is 1. The van der Waals surface area contributed by atoms with E-state index < -0.39 is 0 Å². The molecular formula is C17H16FN3O2. The molecule has 0 aliphatic rings. The molecule has 0 bridgehead atoms. The standard InChI is InChI=1S/C17H16FN3O2/c1-11-13(18)5-4-6-15(11)21-10-14(19-20-21)12-7-8-16(22-2)17(9-12)23-3/h4-10H,1-3H3. The summed E-state index contributed by atoms with van der Waals surface area (Å²) in [6, 6.07) is 10.4. The summed E-state index contributed by atoms with van der Waals surface area (Å²) in [5.74, 6) is 0.983. The van der Waals surface area contributed by atoms with Crippen molar-refractivity contribution in [2.24, 2.45) is 0 Å².